The summed E-state index contributed by atoms with van der Waals surface area (Å²) in [5.74, 6) is 0. The Hall–Kier alpha value is -6.25. The molecule has 256 valence electrons. The SMILES string of the molecule is Cc1ccc(-c2cc(-c3ccc(C)cc3)cc(-c3ccc4c(c3)c3c(-c5ccc(C)cc5)cccc3c3ncc(-c5c(C)cc(C)cc5C)n43)c2)cc1. The largest absolute Gasteiger partial charge is 0.292 e. The molecule has 0 unspecified atom stereocenters. The number of hydrogen-bond donors (Lipinski definition) is 0. The Morgan fingerprint density at radius 1 is 0.415 bits per heavy atom. The van der Waals surface area contributed by atoms with Crippen LogP contribution in [0.1, 0.15) is 33.4 Å². The number of hydrogen-bond acceptors (Lipinski definition) is 1. The Balaban J connectivity index is 1.36. The number of rotatable bonds is 5. The first-order valence-electron chi connectivity index (χ1n) is 18.5. The average molecular weight is 683 g/mol. The van der Waals surface area contributed by atoms with Crippen molar-refractivity contribution < 1.29 is 0 Å². The van der Waals surface area contributed by atoms with E-state index in [0.29, 0.717) is 0 Å². The zero-order valence-corrected chi connectivity index (χ0v) is 31.3. The molecule has 0 aliphatic heterocycles. The maximum atomic E-state index is 5.17. The van der Waals surface area contributed by atoms with E-state index in [2.05, 4.69) is 192 Å². The molecule has 0 amide bonds. The molecule has 0 atom stereocenters. The smallest absolute Gasteiger partial charge is 0.145 e. The summed E-state index contributed by atoms with van der Waals surface area (Å²) >= 11 is 0. The molecule has 53 heavy (non-hydrogen) atoms. The lowest BCUT2D eigenvalue weighted by Crippen LogP contribution is -1.98. The fourth-order valence-corrected chi connectivity index (χ4v) is 8.28. The van der Waals surface area contributed by atoms with Gasteiger partial charge in [0.15, 0.2) is 0 Å². The van der Waals surface area contributed by atoms with Crippen LogP contribution >= 0.6 is 0 Å². The normalized spacial score (nSPS) is 11.6. The van der Waals surface area contributed by atoms with Gasteiger partial charge in [0, 0.05) is 21.7 Å². The van der Waals surface area contributed by atoms with Crippen LogP contribution in [0.3, 0.4) is 0 Å². The summed E-state index contributed by atoms with van der Waals surface area (Å²) in [5.41, 5.74) is 21.7. The van der Waals surface area contributed by atoms with Crippen LogP contribution in [-0.4, -0.2) is 9.38 Å². The second-order valence-electron chi connectivity index (χ2n) is 14.9. The second-order valence-corrected chi connectivity index (χ2v) is 14.9. The van der Waals surface area contributed by atoms with Crippen LogP contribution in [0.25, 0.3) is 83.1 Å². The molecule has 2 aromatic heterocycles. The molecule has 0 radical (unpaired) electrons. The zero-order chi connectivity index (χ0) is 36.4. The Morgan fingerprint density at radius 2 is 0.925 bits per heavy atom. The average Bonchev–Trinajstić information content (AvgIpc) is 3.60. The van der Waals surface area contributed by atoms with Crippen LogP contribution in [0.5, 0.6) is 0 Å². The van der Waals surface area contributed by atoms with Gasteiger partial charge >= 0.3 is 0 Å². The van der Waals surface area contributed by atoms with E-state index >= 15 is 0 Å². The van der Waals surface area contributed by atoms with Crippen LogP contribution in [0, 0.1) is 41.5 Å². The standard InChI is InChI=1S/C51H42N2/c1-31-10-16-37(17-11-31)41-26-42(38-18-12-32(2)13-19-38)28-43(27-41)40-22-23-47-46(29-40)50-44(39-20-14-33(3)15-21-39)8-7-9-45(50)51-52-30-48(53(47)51)49-35(5)24-34(4)25-36(49)6/h7-30H,1-6H3. The van der Waals surface area contributed by atoms with E-state index in [1.165, 1.54) is 94.2 Å². The van der Waals surface area contributed by atoms with Crippen molar-refractivity contribution in [1.82, 2.24) is 9.38 Å². The highest BCUT2D eigenvalue weighted by Gasteiger charge is 2.20. The first-order valence-corrected chi connectivity index (χ1v) is 18.5. The Labute approximate surface area is 312 Å². The second kappa shape index (κ2) is 12.8. The summed E-state index contributed by atoms with van der Waals surface area (Å²) in [7, 11) is 0. The molecule has 0 bridgehead atoms. The van der Waals surface area contributed by atoms with Gasteiger partial charge in [0.25, 0.3) is 0 Å². The first kappa shape index (κ1) is 32.6. The van der Waals surface area contributed by atoms with Gasteiger partial charge in [-0.25, -0.2) is 4.98 Å². The summed E-state index contributed by atoms with van der Waals surface area (Å²) in [6.07, 6.45) is 2.07. The number of fused-ring (bicyclic) bond motifs is 6. The third-order valence-electron chi connectivity index (χ3n) is 10.9. The van der Waals surface area contributed by atoms with Crippen molar-refractivity contribution in [3.05, 3.63) is 179 Å². The van der Waals surface area contributed by atoms with Gasteiger partial charge in [-0.2, -0.15) is 0 Å². The summed E-state index contributed by atoms with van der Waals surface area (Å²) in [6, 6.07) is 52.0. The zero-order valence-electron chi connectivity index (χ0n) is 31.3. The molecule has 0 saturated carbocycles. The lowest BCUT2D eigenvalue weighted by atomic mass is 9.90. The molecular formula is C51H42N2. The van der Waals surface area contributed by atoms with E-state index in [1.54, 1.807) is 0 Å². The minimum Gasteiger partial charge on any atom is -0.292 e. The van der Waals surface area contributed by atoms with Crippen LogP contribution < -0.4 is 0 Å². The molecule has 0 aliphatic carbocycles. The van der Waals surface area contributed by atoms with Crippen molar-refractivity contribution in [2.24, 2.45) is 0 Å². The fraction of sp³-hybridized carbons (Fsp3) is 0.118. The number of benzene rings is 7. The van der Waals surface area contributed by atoms with Gasteiger partial charge in [0.05, 0.1) is 17.4 Å². The molecule has 0 aliphatic rings. The van der Waals surface area contributed by atoms with Crippen LogP contribution in [0.4, 0.5) is 0 Å². The number of pyridine rings is 1. The molecule has 0 fully saturated rings. The number of nitrogens with zero attached hydrogens (tertiary/aromatic N) is 2. The predicted octanol–water partition coefficient (Wildman–Crippen LogP) is 13.8. The van der Waals surface area contributed by atoms with Crippen molar-refractivity contribution in [3.63, 3.8) is 0 Å². The van der Waals surface area contributed by atoms with Gasteiger partial charge in [-0.15, -0.1) is 0 Å². The van der Waals surface area contributed by atoms with E-state index < -0.39 is 0 Å². The molecule has 0 spiro atoms. The van der Waals surface area contributed by atoms with Crippen molar-refractivity contribution in [2.75, 3.05) is 0 Å². The van der Waals surface area contributed by atoms with Crippen LogP contribution in [-0.2, 0) is 0 Å². The summed E-state index contributed by atoms with van der Waals surface area (Å²) in [4.78, 5) is 5.17. The van der Waals surface area contributed by atoms with Crippen molar-refractivity contribution >= 4 is 27.3 Å². The molecule has 9 rings (SSSR count). The lowest BCUT2D eigenvalue weighted by molar-refractivity contribution is 1.24. The minimum atomic E-state index is 0.978. The predicted molar refractivity (Wildman–Crippen MR) is 226 cm³/mol. The van der Waals surface area contributed by atoms with E-state index in [9.17, 15) is 0 Å². The van der Waals surface area contributed by atoms with Crippen molar-refractivity contribution in [2.45, 2.75) is 41.5 Å². The minimum absolute atomic E-state index is 0.978. The van der Waals surface area contributed by atoms with Gasteiger partial charge in [-0.1, -0.05) is 131 Å². The van der Waals surface area contributed by atoms with Crippen molar-refractivity contribution in [1.29, 1.82) is 0 Å². The third kappa shape index (κ3) is 5.72. The monoisotopic (exact) mass is 682 g/mol. The molecule has 2 heterocycles. The van der Waals surface area contributed by atoms with Gasteiger partial charge in [0.1, 0.15) is 5.65 Å². The Bertz CT molecular complexity index is 2770. The van der Waals surface area contributed by atoms with E-state index in [1.807, 2.05) is 0 Å². The Kier molecular flexibility index (Phi) is 7.86. The van der Waals surface area contributed by atoms with E-state index in [-0.39, 0.29) is 0 Å². The topological polar surface area (TPSA) is 17.3 Å². The van der Waals surface area contributed by atoms with E-state index in [0.717, 1.165) is 22.2 Å². The molecule has 0 saturated heterocycles. The summed E-state index contributed by atoms with van der Waals surface area (Å²) in [5, 5.41) is 3.58. The first-order chi connectivity index (χ1) is 25.7. The number of imidazole rings is 1. The lowest BCUT2D eigenvalue weighted by Gasteiger charge is -2.18. The molecular weight excluding hydrogens is 641 g/mol. The third-order valence-corrected chi connectivity index (χ3v) is 10.9. The fourth-order valence-electron chi connectivity index (χ4n) is 8.28. The number of aromatic nitrogens is 2. The quantitative estimate of drug-likeness (QED) is 0.165. The van der Waals surface area contributed by atoms with Gasteiger partial charge in [-0.05, 0) is 128 Å². The molecule has 9 aromatic rings. The molecule has 2 heteroatoms. The summed E-state index contributed by atoms with van der Waals surface area (Å²) in [6.45, 7) is 13.1. The highest BCUT2D eigenvalue weighted by molar-refractivity contribution is 6.19. The van der Waals surface area contributed by atoms with Gasteiger partial charge in [-0.3, -0.25) is 4.40 Å². The molecule has 7 aromatic carbocycles. The highest BCUT2D eigenvalue weighted by Crippen LogP contribution is 2.42. The molecule has 2 nitrogen and oxygen atoms in total. The number of aryl methyl sites for hydroxylation is 6. The van der Waals surface area contributed by atoms with Gasteiger partial charge in [0.2, 0.25) is 0 Å². The van der Waals surface area contributed by atoms with Crippen molar-refractivity contribution in [3.8, 4) is 55.8 Å². The summed E-state index contributed by atoms with van der Waals surface area (Å²) < 4.78 is 2.39. The highest BCUT2D eigenvalue weighted by atomic mass is 15.0. The maximum Gasteiger partial charge on any atom is 0.145 e. The Morgan fingerprint density at radius 3 is 1.49 bits per heavy atom. The van der Waals surface area contributed by atoms with E-state index in [4.69, 9.17) is 4.98 Å². The van der Waals surface area contributed by atoms with Gasteiger partial charge < -0.3 is 0 Å². The van der Waals surface area contributed by atoms with Crippen LogP contribution in [0.15, 0.2) is 146 Å². The molecule has 0 N–H and O–H groups in total. The van der Waals surface area contributed by atoms with Crippen LogP contribution in [0.2, 0.25) is 0 Å². The maximum absolute atomic E-state index is 5.17.